The van der Waals surface area contributed by atoms with E-state index in [0.29, 0.717) is 23.1 Å². The molecular weight excluding hydrogens is 1950 g/mol. The normalized spacial score (nSPS) is 31.0. The van der Waals surface area contributed by atoms with Crippen LogP contribution in [0.15, 0.2) is 79.0 Å². The lowest BCUT2D eigenvalue weighted by molar-refractivity contribution is -0.214. The maximum Gasteiger partial charge on any atom is 0.351 e. The predicted molar refractivity (Wildman–Crippen MR) is 467 cm³/mol. The Balaban J connectivity index is 0.617. The minimum Gasteiger partial charge on any atom is -0.383 e. The Morgan fingerprint density at radius 1 is 0.450 bits per heavy atom. The van der Waals surface area contributed by atoms with Crippen LogP contribution in [0.5, 0.6) is 0 Å². The van der Waals surface area contributed by atoms with E-state index < -0.39 is 229 Å². The van der Waals surface area contributed by atoms with Gasteiger partial charge in [0, 0.05) is 74.5 Å². The number of nitrogens with one attached hydrogen (secondary N) is 3. The number of H-pyrrole nitrogens is 3. The number of aromatic amines is 3. The Hall–Kier alpha value is -6.21. The minimum atomic E-state index is -4.72. The van der Waals surface area contributed by atoms with E-state index in [1.165, 1.54) is 73.2 Å². The number of anilines is 4. The van der Waals surface area contributed by atoms with Gasteiger partial charge in [-0.3, -0.25) is 61.3 Å². The Labute approximate surface area is 755 Å². The number of nitrogen functional groups attached to an aromatic ring is 4. The number of aromatic nitrogens is 18. The molecule has 129 heavy (non-hydrogen) atoms. The summed E-state index contributed by atoms with van der Waals surface area (Å²) in [6.45, 7) is -22.8. The van der Waals surface area contributed by atoms with Crippen molar-refractivity contribution < 1.29 is 117 Å². The summed E-state index contributed by atoms with van der Waals surface area (Å²) in [5.41, 5.74) is 19.0. The summed E-state index contributed by atoms with van der Waals surface area (Å²) in [4.78, 5) is 195. The number of nitrogens with zero attached hydrogens (tertiary/aromatic N) is 15. The van der Waals surface area contributed by atoms with Crippen molar-refractivity contribution in [1.29, 1.82) is 0 Å². The predicted octanol–water partition coefficient (Wildman–Crippen LogP) is 0.655. The standard InChI is InChI=1S/C64H84N22O31P6S6/c1-7-30-31(8-43(106-30)84-23-73-45-51(66)69-21-71-53(45)84)112-119(94,125)100-16-36-32(9-41(108-36)82-14-27(3)56(87)79-62(82)91)114-121(96,127)103-19-39-35(12-44(110-39)85-24-75-47-55(85)77-60(68)78-58(47)89)115-122(97,128)101-17-37-33(10-42(109-37)83-15-28(4)57(88)80-63(83)92)113-120(95,126)102-18-38-34(11-40(107-38)81-13-26(2)50(65)76-61(81)90)116-123(98,129)104-20-64-29(5)105-48(49(64)117-118(93,124)99-6)59(111-64)86-25-74-46-52(67)70-22-72-54(46)86/h13-15,21-25,29-44,48-49,59H,7-12,16-20H2,1-6H3,(H,93,124)(H,94,125)(H,95,126)(H,96,127)(H,97,128)(H,98,129)(H2,65,76,90)(H2,66,69,71)(H2,67,70,72)(H,79,87,91)(H,80,88,92)(H3,68,77,78,89)/t29-,30+,31+,32+,33+,34+,35+,36+,37+,38+,39+,40+,41+,42+,43+,44+,48?,49+,59+,64-,118?,119?,120?,121?,122?,123?/m0/s1. The molecule has 0 aliphatic carbocycles. The lowest BCUT2D eigenvalue weighted by Crippen LogP contribution is -2.50. The van der Waals surface area contributed by atoms with Crippen molar-refractivity contribution in [2.24, 2.45) is 0 Å². The average Bonchev–Trinajstić information content (AvgIpc) is 1.54. The van der Waals surface area contributed by atoms with Gasteiger partial charge in [0.1, 0.15) is 103 Å². The SMILES string of the molecule is CC[C@H]1O[C@@H](n2cnc3c(N)ncnc32)C[C@H]1OP(O)(=S)OC[C@H]1O[C@@H](n2cc(C)c(=O)[nH]c2=O)C[C@H]1OP(O)(=S)OC[C@H]1O[C@@H](n2cnc3c(=O)[nH]c(N)nc32)C[C@H]1OP(O)(=S)OC[C@H]1O[C@@H](n2cc(C)c(=O)[nH]c2=O)C[C@H]1OP(O)(=S)OC[C@H]1O[C@@H](n2cc(C)c(N)nc2=O)C[C@H]1OP(O)(=S)OC[C@]12O[C@@H](n3cnc4c(N)ncnc43)C(O[C@H]1C)[C@H]2OP(O)(=S)OC. The van der Waals surface area contributed by atoms with Gasteiger partial charge in [0.25, 0.3) is 16.7 Å². The van der Waals surface area contributed by atoms with Crippen molar-refractivity contribution in [3.63, 3.8) is 0 Å². The molecule has 9 aromatic heterocycles. The van der Waals surface area contributed by atoms with E-state index in [2.05, 4.69) is 59.8 Å². The number of fused-ring (bicyclic) bond motifs is 5. The zero-order valence-corrected chi connectivity index (χ0v) is 78.2. The van der Waals surface area contributed by atoms with Gasteiger partial charge in [-0.25, -0.2) is 49.3 Å². The number of rotatable bonds is 35. The van der Waals surface area contributed by atoms with Crippen LogP contribution in [-0.4, -0.2) is 242 Å². The van der Waals surface area contributed by atoms with Crippen LogP contribution < -0.4 is 56.7 Å². The number of hydrogen-bond acceptors (Lipinski definition) is 44. The van der Waals surface area contributed by atoms with E-state index in [-0.39, 0.29) is 89.0 Å². The van der Waals surface area contributed by atoms with Crippen molar-refractivity contribution in [2.45, 2.75) is 195 Å². The first-order valence-corrected chi connectivity index (χ1v) is 54.4. The van der Waals surface area contributed by atoms with Gasteiger partial charge in [-0.2, -0.15) is 9.97 Å². The van der Waals surface area contributed by atoms with Crippen molar-refractivity contribution in [3.05, 3.63) is 129 Å². The van der Waals surface area contributed by atoms with E-state index in [1.54, 1.807) is 18.4 Å². The molecule has 0 aromatic carbocycles. The summed E-state index contributed by atoms with van der Waals surface area (Å²) in [6, 6.07) is 0. The minimum absolute atomic E-state index is 0.0531. The highest BCUT2D eigenvalue weighted by molar-refractivity contribution is 8.08. The summed E-state index contributed by atoms with van der Waals surface area (Å²) in [5.74, 6) is -0.206. The molecule has 7 aliphatic rings. The summed E-state index contributed by atoms with van der Waals surface area (Å²) in [6.07, 6.45) is -13.7. The maximum atomic E-state index is 13.6. The number of hydrogen-bond donors (Lipinski definition) is 13. The number of nitrogens with two attached hydrogens (primary N) is 4. The fourth-order valence-corrected chi connectivity index (χ4v) is 24.1. The van der Waals surface area contributed by atoms with Gasteiger partial charge in [-0.15, -0.1) is 0 Å². The third-order valence-electron chi connectivity index (χ3n) is 22.2. The Bertz CT molecular complexity index is 6520. The molecule has 7 unspecified atom stereocenters. The summed E-state index contributed by atoms with van der Waals surface area (Å²) < 4.78 is 125. The van der Waals surface area contributed by atoms with Gasteiger partial charge in [-0.1, -0.05) is 6.92 Å². The van der Waals surface area contributed by atoms with Crippen molar-refractivity contribution in [3.8, 4) is 0 Å². The van der Waals surface area contributed by atoms with E-state index >= 15 is 0 Å². The molecule has 0 amide bonds. The fourth-order valence-electron chi connectivity index (χ4n) is 15.8. The van der Waals surface area contributed by atoms with Gasteiger partial charge in [0.05, 0.1) is 94.7 Å². The van der Waals surface area contributed by atoms with E-state index in [1.807, 2.05) is 6.92 Å². The third-order valence-corrected chi connectivity index (χ3v) is 31.7. The lowest BCUT2D eigenvalue weighted by atomic mass is 9.94. The fraction of sp³-hybridized carbons (Fsp3) is 0.578. The van der Waals surface area contributed by atoms with Crippen LogP contribution in [0.1, 0.15) is 106 Å². The highest BCUT2D eigenvalue weighted by Gasteiger charge is 2.69. The zero-order chi connectivity index (χ0) is 92.3. The quantitative estimate of drug-likeness (QED) is 0.0243. The van der Waals surface area contributed by atoms with Crippen molar-refractivity contribution >= 4 is 168 Å². The van der Waals surface area contributed by atoms with Gasteiger partial charge in [-0.05, 0) is 105 Å². The maximum absolute atomic E-state index is 13.6. The molecule has 26 atom stereocenters. The molecule has 0 radical (unpaired) electrons. The van der Waals surface area contributed by atoms with Crippen LogP contribution in [0.25, 0.3) is 33.5 Å². The highest BCUT2D eigenvalue weighted by Crippen LogP contribution is 2.61. The molecular formula is C64H84N22O31P6S6. The van der Waals surface area contributed by atoms with Crippen LogP contribution >= 0.6 is 40.3 Å². The van der Waals surface area contributed by atoms with Gasteiger partial charge in [0.15, 0.2) is 40.3 Å². The second-order valence-electron chi connectivity index (χ2n) is 30.5. The molecule has 7 fully saturated rings. The summed E-state index contributed by atoms with van der Waals surface area (Å²) in [5, 5.41) is 0. The average molecular weight is 2040 g/mol. The molecule has 9 aromatic rings. The van der Waals surface area contributed by atoms with Crippen molar-refractivity contribution in [2.75, 3.05) is 63.1 Å². The van der Waals surface area contributed by atoms with E-state index in [0.717, 1.165) is 20.8 Å². The Morgan fingerprint density at radius 2 is 0.837 bits per heavy atom. The van der Waals surface area contributed by atoms with E-state index in [4.69, 9.17) is 181 Å². The molecule has 0 spiro atoms. The second-order valence-corrected chi connectivity index (χ2v) is 47.4. The molecule has 702 valence electrons. The first kappa shape index (κ1) is 95.9. The Kier molecular flexibility index (Phi) is 27.9. The second kappa shape index (κ2) is 37.5. The van der Waals surface area contributed by atoms with Crippen LogP contribution in [0, 0.1) is 20.8 Å². The highest BCUT2D eigenvalue weighted by atomic mass is 32.5. The monoisotopic (exact) mass is 2030 g/mol. The topological polar surface area (TPSA) is 696 Å². The lowest BCUT2D eigenvalue weighted by Gasteiger charge is -2.37. The molecule has 0 saturated carbocycles. The van der Waals surface area contributed by atoms with Gasteiger partial charge in [0.2, 0.25) is 5.95 Å². The number of ether oxygens (including phenoxy) is 7. The molecule has 53 nitrogen and oxygen atoms in total. The first-order valence-electron chi connectivity index (χ1n) is 38.9. The molecule has 7 saturated heterocycles. The van der Waals surface area contributed by atoms with Crippen LogP contribution in [0.4, 0.5) is 23.4 Å². The number of imidazole rings is 3. The van der Waals surface area contributed by atoms with Crippen LogP contribution in [0.3, 0.4) is 0 Å². The van der Waals surface area contributed by atoms with Crippen LogP contribution in [-0.2, 0) is 158 Å². The molecule has 7 aliphatic heterocycles. The van der Waals surface area contributed by atoms with Crippen LogP contribution in [0.2, 0.25) is 0 Å². The largest absolute Gasteiger partial charge is 0.383 e. The smallest absolute Gasteiger partial charge is 0.351 e. The molecule has 16 rings (SSSR count). The molecule has 17 N–H and O–H groups in total. The molecule has 2 bridgehead atoms. The van der Waals surface area contributed by atoms with Gasteiger partial charge >= 0.3 is 57.4 Å². The Morgan fingerprint density at radius 3 is 1.29 bits per heavy atom. The van der Waals surface area contributed by atoms with E-state index in [9.17, 15) is 58.1 Å². The number of aryl methyl sites for hydroxylation is 3. The zero-order valence-electron chi connectivity index (χ0n) is 67.9. The molecule has 16 heterocycles. The van der Waals surface area contributed by atoms with Crippen molar-refractivity contribution in [1.82, 2.24) is 87.2 Å². The summed E-state index contributed by atoms with van der Waals surface area (Å²) in [7, 11) is 1.14. The van der Waals surface area contributed by atoms with Gasteiger partial charge < -0.3 is 135 Å². The first-order chi connectivity index (χ1) is 60.9. The third kappa shape index (κ3) is 20.5. The summed E-state index contributed by atoms with van der Waals surface area (Å²) >= 11 is 33.5. The molecule has 65 heteroatoms.